The van der Waals surface area contributed by atoms with E-state index in [1.54, 1.807) is 19.2 Å². The zero-order valence-corrected chi connectivity index (χ0v) is 14.4. The Kier molecular flexibility index (Phi) is 5.06. The number of fused-ring (bicyclic) bond motifs is 1. The van der Waals surface area contributed by atoms with Crippen LogP contribution < -0.4 is 16.4 Å². The number of nitrogens with one attached hydrogen (secondary N) is 2. The van der Waals surface area contributed by atoms with Gasteiger partial charge in [0.1, 0.15) is 0 Å². The Balaban J connectivity index is 1.80. The second-order valence-corrected chi connectivity index (χ2v) is 7.11. The van der Waals surface area contributed by atoms with Gasteiger partial charge < -0.3 is 16.4 Å². The summed E-state index contributed by atoms with van der Waals surface area (Å²) in [6.07, 6.45) is 7.15. The molecule has 128 valence electrons. The van der Waals surface area contributed by atoms with Crippen LogP contribution in [0, 0.1) is 0 Å². The lowest BCUT2D eigenvalue weighted by Crippen LogP contribution is -2.36. The van der Waals surface area contributed by atoms with Crippen molar-refractivity contribution in [3.05, 3.63) is 17.3 Å². The molecule has 1 aliphatic rings. The second kappa shape index (κ2) is 7.23. The first-order valence-electron chi connectivity index (χ1n) is 8.17. The van der Waals surface area contributed by atoms with Crippen molar-refractivity contribution >= 4 is 39.2 Å². The molecule has 1 aliphatic carbocycles. The van der Waals surface area contributed by atoms with Crippen molar-refractivity contribution in [2.24, 2.45) is 5.73 Å². The van der Waals surface area contributed by atoms with E-state index in [9.17, 15) is 9.59 Å². The highest BCUT2D eigenvalue weighted by Crippen LogP contribution is 2.28. The van der Waals surface area contributed by atoms with E-state index in [1.807, 2.05) is 0 Å². The largest absolute Gasteiger partial charge is 0.347 e. The Bertz CT molecular complexity index is 752. The molecule has 1 atom stereocenters. The first-order chi connectivity index (χ1) is 11.5. The number of carbonyl (C=O) groups excluding carboxylic acids is 2. The van der Waals surface area contributed by atoms with Crippen LogP contribution in [0.2, 0.25) is 0 Å². The number of anilines is 1. The van der Waals surface area contributed by atoms with Crippen molar-refractivity contribution in [1.82, 2.24) is 15.3 Å². The summed E-state index contributed by atoms with van der Waals surface area (Å²) in [7, 11) is 0. The third-order valence-corrected chi connectivity index (χ3v) is 5.17. The molecule has 0 aromatic carbocycles. The molecule has 8 heteroatoms. The summed E-state index contributed by atoms with van der Waals surface area (Å²) in [6.45, 7) is 1.60. The number of pyridine rings is 1. The molecular formula is C16H21N5O2S. The van der Waals surface area contributed by atoms with Crippen LogP contribution in [0.3, 0.4) is 0 Å². The molecule has 24 heavy (non-hydrogen) atoms. The number of hydrogen-bond acceptors (Lipinski definition) is 6. The average Bonchev–Trinajstić information content (AvgIpc) is 3.01. The van der Waals surface area contributed by atoms with Gasteiger partial charge in [0, 0.05) is 12.2 Å². The van der Waals surface area contributed by atoms with E-state index < -0.39 is 6.04 Å². The highest BCUT2D eigenvalue weighted by molar-refractivity contribution is 7.20. The number of hydrogen-bond donors (Lipinski definition) is 3. The van der Waals surface area contributed by atoms with E-state index in [4.69, 9.17) is 5.73 Å². The fourth-order valence-electron chi connectivity index (χ4n) is 2.77. The summed E-state index contributed by atoms with van der Waals surface area (Å²) in [5.74, 6) is -0.0896. The van der Waals surface area contributed by atoms with Crippen LogP contribution in [0.4, 0.5) is 5.82 Å². The van der Waals surface area contributed by atoms with E-state index >= 15 is 0 Å². The summed E-state index contributed by atoms with van der Waals surface area (Å²) in [4.78, 5) is 32.8. The van der Waals surface area contributed by atoms with Gasteiger partial charge in [0.05, 0.1) is 16.3 Å². The second-order valence-electron chi connectivity index (χ2n) is 6.11. The molecule has 1 fully saturated rings. The SMILES string of the molecule is CC(N)C(=O)Nc1nccc2nc(C(=O)NC3CCCCC3)sc12. The number of nitrogens with two attached hydrogens (primary N) is 1. The lowest BCUT2D eigenvalue weighted by Gasteiger charge is -2.22. The maximum Gasteiger partial charge on any atom is 0.280 e. The highest BCUT2D eigenvalue weighted by Gasteiger charge is 2.20. The van der Waals surface area contributed by atoms with Crippen molar-refractivity contribution < 1.29 is 9.59 Å². The van der Waals surface area contributed by atoms with Crippen LogP contribution in [0.1, 0.15) is 48.8 Å². The first kappa shape index (κ1) is 16.8. The van der Waals surface area contributed by atoms with Crippen LogP contribution in [-0.2, 0) is 4.79 Å². The Morgan fingerprint density at radius 2 is 2.08 bits per heavy atom. The van der Waals surface area contributed by atoms with Gasteiger partial charge in [0.25, 0.3) is 5.91 Å². The quantitative estimate of drug-likeness (QED) is 0.784. The van der Waals surface area contributed by atoms with Gasteiger partial charge in [-0.3, -0.25) is 9.59 Å². The molecule has 0 radical (unpaired) electrons. The van der Waals surface area contributed by atoms with Crippen molar-refractivity contribution in [3.8, 4) is 0 Å². The Morgan fingerprint density at radius 3 is 2.79 bits per heavy atom. The maximum atomic E-state index is 12.4. The number of nitrogens with zero attached hydrogens (tertiary/aromatic N) is 2. The molecule has 0 saturated heterocycles. The summed E-state index contributed by atoms with van der Waals surface area (Å²) in [6, 6.07) is 1.32. The molecule has 1 saturated carbocycles. The Morgan fingerprint density at radius 1 is 1.33 bits per heavy atom. The molecule has 4 N–H and O–H groups in total. The number of rotatable bonds is 4. The number of amides is 2. The van der Waals surface area contributed by atoms with Gasteiger partial charge in [-0.05, 0) is 25.8 Å². The fourth-order valence-corrected chi connectivity index (χ4v) is 3.67. The Hall–Kier alpha value is -2.06. The van der Waals surface area contributed by atoms with Gasteiger partial charge >= 0.3 is 0 Å². The monoisotopic (exact) mass is 347 g/mol. The van der Waals surface area contributed by atoms with Crippen LogP contribution in [-0.4, -0.2) is 33.9 Å². The molecule has 7 nitrogen and oxygen atoms in total. The number of thiazole rings is 1. The van der Waals surface area contributed by atoms with Gasteiger partial charge in [0.15, 0.2) is 10.8 Å². The van der Waals surface area contributed by atoms with E-state index in [1.165, 1.54) is 17.8 Å². The molecule has 0 aliphatic heterocycles. The normalized spacial score (nSPS) is 16.8. The summed E-state index contributed by atoms with van der Waals surface area (Å²) in [5.41, 5.74) is 6.21. The first-order valence-corrected chi connectivity index (χ1v) is 8.99. The van der Waals surface area contributed by atoms with Crippen LogP contribution >= 0.6 is 11.3 Å². The average molecular weight is 347 g/mol. The minimum absolute atomic E-state index is 0.160. The molecule has 2 aromatic heterocycles. The molecule has 2 aromatic rings. The minimum Gasteiger partial charge on any atom is -0.347 e. The van der Waals surface area contributed by atoms with Gasteiger partial charge in [-0.15, -0.1) is 11.3 Å². The molecule has 2 heterocycles. The molecule has 3 rings (SSSR count). The summed E-state index contributed by atoms with van der Waals surface area (Å²) in [5, 5.41) is 6.13. The van der Waals surface area contributed by atoms with Crippen molar-refractivity contribution in [3.63, 3.8) is 0 Å². The smallest absolute Gasteiger partial charge is 0.280 e. The Labute approximate surface area is 144 Å². The predicted molar refractivity (Wildman–Crippen MR) is 94.0 cm³/mol. The minimum atomic E-state index is -0.635. The van der Waals surface area contributed by atoms with Crippen LogP contribution in [0.5, 0.6) is 0 Å². The van der Waals surface area contributed by atoms with Crippen molar-refractivity contribution in [2.45, 2.75) is 51.1 Å². The van der Waals surface area contributed by atoms with Gasteiger partial charge in [0.2, 0.25) is 5.91 Å². The van der Waals surface area contributed by atoms with Gasteiger partial charge in [-0.25, -0.2) is 9.97 Å². The molecule has 0 bridgehead atoms. The molecule has 2 amide bonds. The summed E-state index contributed by atoms with van der Waals surface area (Å²) >= 11 is 1.23. The van der Waals surface area contributed by atoms with Crippen molar-refractivity contribution in [2.75, 3.05) is 5.32 Å². The molecular weight excluding hydrogens is 326 g/mol. The van der Waals surface area contributed by atoms with Gasteiger partial charge in [-0.2, -0.15) is 0 Å². The van der Waals surface area contributed by atoms with E-state index in [0.717, 1.165) is 25.7 Å². The van der Waals surface area contributed by atoms with E-state index in [2.05, 4.69) is 20.6 Å². The van der Waals surface area contributed by atoms with Gasteiger partial charge in [-0.1, -0.05) is 19.3 Å². The lowest BCUT2D eigenvalue weighted by atomic mass is 9.95. The van der Waals surface area contributed by atoms with E-state index in [0.29, 0.717) is 21.0 Å². The van der Waals surface area contributed by atoms with Crippen LogP contribution in [0.25, 0.3) is 10.2 Å². The topological polar surface area (TPSA) is 110 Å². The maximum absolute atomic E-state index is 12.4. The molecule has 0 spiro atoms. The highest BCUT2D eigenvalue weighted by atomic mass is 32.1. The lowest BCUT2D eigenvalue weighted by molar-refractivity contribution is -0.117. The third-order valence-electron chi connectivity index (χ3n) is 4.09. The zero-order valence-electron chi connectivity index (χ0n) is 13.5. The van der Waals surface area contributed by atoms with E-state index in [-0.39, 0.29) is 17.9 Å². The van der Waals surface area contributed by atoms with Crippen molar-refractivity contribution in [1.29, 1.82) is 0 Å². The zero-order chi connectivity index (χ0) is 17.1. The summed E-state index contributed by atoms with van der Waals surface area (Å²) < 4.78 is 0.681. The standard InChI is InChI=1S/C16H21N5O2S/c1-9(17)14(22)21-13-12-11(7-8-18-13)20-16(24-12)15(23)19-10-5-3-2-4-6-10/h7-10H,2-6,17H2,1H3,(H,19,23)(H,18,21,22). The number of aromatic nitrogens is 2. The molecule has 1 unspecified atom stereocenters. The van der Waals surface area contributed by atoms with Crippen LogP contribution in [0.15, 0.2) is 12.3 Å². The third kappa shape index (κ3) is 3.70. The fraction of sp³-hybridized carbons (Fsp3) is 0.500. The number of carbonyl (C=O) groups is 2. The predicted octanol–water partition coefficient (Wildman–Crippen LogP) is 2.04.